The molecule has 0 amide bonds. The topological polar surface area (TPSA) is 36.9 Å². The summed E-state index contributed by atoms with van der Waals surface area (Å²) in [6, 6.07) is 0. The van der Waals surface area contributed by atoms with Crippen LogP contribution in [0.4, 0.5) is 0 Å². The largest absolute Gasteiger partial charge is 0.408 e. The Kier molecular flexibility index (Phi) is 4.15. The first-order valence-corrected chi connectivity index (χ1v) is 10.5. The number of hydrogen-bond donors (Lipinski definition) is 0. The monoisotopic (exact) mass is 302 g/mol. The molecule has 0 saturated carbocycles. The van der Waals surface area contributed by atoms with E-state index in [1.54, 1.807) is 7.11 Å². The summed E-state index contributed by atoms with van der Waals surface area (Å²) in [5.74, 6) is 0. The van der Waals surface area contributed by atoms with Crippen molar-refractivity contribution < 1.29 is 18.6 Å². The average Bonchev–Trinajstić information content (AvgIpc) is 2.78. The van der Waals surface area contributed by atoms with E-state index in [0.29, 0.717) is 6.61 Å². The van der Waals surface area contributed by atoms with Gasteiger partial charge in [0.05, 0.1) is 18.8 Å². The highest BCUT2D eigenvalue weighted by molar-refractivity contribution is 6.74. The highest BCUT2D eigenvalue weighted by Crippen LogP contribution is 2.48. The standard InChI is InChI=1S/C15H30O4Si/c1-10-12-13(19-20(7,8)14(3,4)5)15(18-10,9-17-12)11(2)16-6/h10-13H,9H2,1-8H3/t10-,11?,12-,13-,15+/m0/s1. The summed E-state index contributed by atoms with van der Waals surface area (Å²) in [7, 11) is -0.140. The third kappa shape index (κ3) is 2.37. The average molecular weight is 302 g/mol. The molecular weight excluding hydrogens is 272 g/mol. The molecule has 2 aliphatic rings. The summed E-state index contributed by atoms with van der Waals surface area (Å²) in [5, 5.41) is 0.176. The van der Waals surface area contributed by atoms with Gasteiger partial charge >= 0.3 is 0 Å². The molecular formula is C15H30O4Si. The lowest BCUT2D eigenvalue weighted by Gasteiger charge is -2.42. The molecule has 0 aliphatic carbocycles. The third-order valence-electron chi connectivity index (χ3n) is 5.42. The smallest absolute Gasteiger partial charge is 0.192 e. The lowest BCUT2D eigenvalue weighted by atomic mass is 9.93. The molecule has 2 aliphatic heterocycles. The first kappa shape index (κ1) is 16.4. The quantitative estimate of drug-likeness (QED) is 0.748. The summed E-state index contributed by atoms with van der Waals surface area (Å²) in [6.45, 7) is 16.0. The van der Waals surface area contributed by atoms with Gasteiger partial charge < -0.3 is 18.6 Å². The summed E-state index contributed by atoms with van der Waals surface area (Å²) in [4.78, 5) is 0. The molecule has 4 nitrogen and oxygen atoms in total. The fourth-order valence-electron chi connectivity index (χ4n) is 2.87. The highest BCUT2D eigenvalue weighted by Gasteiger charge is 2.65. The number of fused-ring (bicyclic) bond motifs is 2. The Labute approximate surface area is 124 Å². The predicted molar refractivity (Wildman–Crippen MR) is 81.6 cm³/mol. The summed E-state index contributed by atoms with van der Waals surface area (Å²) < 4.78 is 24.4. The van der Waals surface area contributed by atoms with Crippen LogP contribution in [0.3, 0.4) is 0 Å². The van der Waals surface area contributed by atoms with E-state index in [-0.39, 0.29) is 29.5 Å². The molecule has 0 radical (unpaired) electrons. The van der Waals surface area contributed by atoms with Gasteiger partial charge in [0.15, 0.2) is 8.32 Å². The minimum Gasteiger partial charge on any atom is -0.408 e. The van der Waals surface area contributed by atoms with Crippen LogP contribution in [0.5, 0.6) is 0 Å². The second kappa shape index (κ2) is 5.06. The van der Waals surface area contributed by atoms with Gasteiger partial charge in [0.25, 0.3) is 0 Å². The maximum atomic E-state index is 6.66. The Morgan fingerprint density at radius 1 is 1.30 bits per heavy atom. The SMILES string of the molecule is COC(C)[C@@]12CO[C@@H]([C@H](C)O1)[C@@H]2O[Si](C)(C)C(C)(C)C. The fourth-order valence-corrected chi connectivity index (χ4v) is 4.20. The maximum Gasteiger partial charge on any atom is 0.192 e. The van der Waals surface area contributed by atoms with Crippen LogP contribution in [0.1, 0.15) is 34.6 Å². The van der Waals surface area contributed by atoms with Crippen molar-refractivity contribution in [2.45, 2.75) is 82.8 Å². The Morgan fingerprint density at radius 2 is 1.90 bits per heavy atom. The van der Waals surface area contributed by atoms with Crippen molar-refractivity contribution in [1.29, 1.82) is 0 Å². The second-order valence-electron chi connectivity index (χ2n) is 7.73. The number of ether oxygens (including phenoxy) is 3. The van der Waals surface area contributed by atoms with Crippen molar-refractivity contribution in [1.82, 2.24) is 0 Å². The van der Waals surface area contributed by atoms with Gasteiger partial charge in [0.2, 0.25) is 0 Å². The van der Waals surface area contributed by atoms with Crippen molar-refractivity contribution in [2.24, 2.45) is 0 Å². The normalized spacial score (nSPS) is 39.3. The minimum absolute atomic E-state index is 0.0201. The van der Waals surface area contributed by atoms with Crippen LogP contribution in [0, 0.1) is 0 Å². The molecule has 0 aromatic rings. The van der Waals surface area contributed by atoms with Crippen LogP contribution in [0.25, 0.3) is 0 Å². The fraction of sp³-hybridized carbons (Fsp3) is 1.00. The molecule has 0 aromatic heterocycles. The first-order chi connectivity index (χ1) is 9.05. The molecule has 2 bridgehead atoms. The molecule has 0 N–H and O–H groups in total. The van der Waals surface area contributed by atoms with Gasteiger partial charge in [-0.25, -0.2) is 0 Å². The Balaban J connectivity index is 2.26. The van der Waals surface area contributed by atoms with Gasteiger partial charge in [-0.15, -0.1) is 0 Å². The third-order valence-corrected chi connectivity index (χ3v) is 9.87. The van der Waals surface area contributed by atoms with Crippen LogP contribution >= 0.6 is 0 Å². The Morgan fingerprint density at radius 3 is 2.35 bits per heavy atom. The predicted octanol–water partition coefficient (Wildman–Crippen LogP) is 2.97. The van der Waals surface area contributed by atoms with Crippen LogP contribution in [-0.4, -0.2) is 52.1 Å². The molecule has 0 spiro atoms. The molecule has 0 aromatic carbocycles. The zero-order valence-electron chi connectivity index (χ0n) is 14.1. The van der Waals surface area contributed by atoms with Gasteiger partial charge in [0.1, 0.15) is 17.8 Å². The van der Waals surface area contributed by atoms with Crippen molar-refractivity contribution in [2.75, 3.05) is 13.7 Å². The van der Waals surface area contributed by atoms with Crippen LogP contribution in [-0.2, 0) is 18.6 Å². The van der Waals surface area contributed by atoms with E-state index in [1.165, 1.54) is 0 Å². The first-order valence-electron chi connectivity index (χ1n) is 7.55. The van der Waals surface area contributed by atoms with E-state index >= 15 is 0 Å². The summed E-state index contributed by atoms with van der Waals surface area (Å²) in [6.07, 6.45) is 0.0402. The van der Waals surface area contributed by atoms with Gasteiger partial charge in [0, 0.05) is 7.11 Å². The lowest BCUT2D eigenvalue weighted by Crippen LogP contribution is -2.56. The van der Waals surface area contributed by atoms with E-state index in [0.717, 1.165) is 0 Å². The molecule has 2 fully saturated rings. The summed E-state index contributed by atoms with van der Waals surface area (Å²) in [5.41, 5.74) is -0.450. The number of methoxy groups -OCH3 is 1. The molecule has 20 heavy (non-hydrogen) atoms. The van der Waals surface area contributed by atoms with Crippen LogP contribution < -0.4 is 0 Å². The van der Waals surface area contributed by atoms with Crippen molar-refractivity contribution >= 4 is 8.32 Å². The highest BCUT2D eigenvalue weighted by atomic mass is 28.4. The molecule has 118 valence electrons. The van der Waals surface area contributed by atoms with Crippen molar-refractivity contribution in [3.8, 4) is 0 Å². The van der Waals surface area contributed by atoms with Gasteiger partial charge in [-0.2, -0.15) is 0 Å². The van der Waals surface area contributed by atoms with E-state index in [1.807, 2.05) is 6.92 Å². The number of hydrogen-bond acceptors (Lipinski definition) is 4. The number of rotatable bonds is 4. The second-order valence-corrected chi connectivity index (χ2v) is 12.5. The Hall–Kier alpha value is 0.0569. The molecule has 2 rings (SSSR count). The molecule has 1 unspecified atom stereocenters. The molecule has 2 saturated heterocycles. The van der Waals surface area contributed by atoms with Gasteiger partial charge in [-0.1, -0.05) is 20.8 Å². The minimum atomic E-state index is -1.86. The molecule has 2 heterocycles. The van der Waals surface area contributed by atoms with E-state index in [4.69, 9.17) is 18.6 Å². The molecule has 5 atom stereocenters. The zero-order chi connectivity index (χ0) is 15.3. The van der Waals surface area contributed by atoms with E-state index in [9.17, 15) is 0 Å². The van der Waals surface area contributed by atoms with Gasteiger partial charge in [-0.3, -0.25) is 0 Å². The Bertz CT molecular complexity index is 365. The summed E-state index contributed by atoms with van der Waals surface area (Å²) >= 11 is 0. The van der Waals surface area contributed by atoms with E-state index in [2.05, 4.69) is 40.8 Å². The van der Waals surface area contributed by atoms with Crippen LogP contribution in [0.2, 0.25) is 18.1 Å². The lowest BCUT2D eigenvalue weighted by molar-refractivity contribution is -0.184. The zero-order valence-corrected chi connectivity index (χ0v) is 15.1. The van der Waals surface area contributed by atoms with Crippen molar-refractivity contribution in [3.63, 3.8) is 0 Å². The van der Waals surface area contributed by atoms with Crippen molar-refractivity contribution in [3.05, 3.63) is 0 Å². The van der Waals surface area contributed by atoms with Gasteiger partial charge in [-0.05, 0) is 32.0 Å². The maximum absolute atomic E-state index is 6.66. The molecule has 5 heteroatoms. The van der Waals surface area contributed by atoms with Crippen LogP contribution in [0.15, 0.2) is 0 Å². The van der Waals surface area contributed by atoms with E-state index < -0.39 is 13.9 Å².